The second-order valence-electron chi connectivity index (χ2n) is 6.50. The monoisotopic (exact) mass is 340 g/mol. The van der Waals surface area contributed by atoms with Crippen molar-refractivity contribution >= 4 is 34.5 Å². The predicted octanol–water partition coefficient (Wildman–Crippen LogP) is 4.08. The Bertz CT molecular complexity index is 764. The van der Waals surface area contributed by atoms with E-state index in [1.807, 2.05) is 40.6 Å². The lowest BCUT2D eigenvalue weighted by Gasteiger charge is -2.21. The van der Waals surface area contributed by atoms with Crippen molar-refractivity contribution in [3.63, 3.8) is 0 Å². The highest BCUT2D eigenvalue weighted by Crippen LogP contribution is 2.35. The number of benzene rings is 1. The standard InChI is InChI=1S/C19H20N2O2S/c22-18(17-6-3-11-24-17)20-15-8-7-13-9-10-21(16(13)12-15)19(23)14-4-1-2-5-14/h3,6-8,11-12,14H,1-2,4-5,9-10H2,(H,20,22). The van der Waals surface area contributed by atoms with Gasteiger partial charge < -0.3 is 10.2 Å². The Labute approximate surface area is 145 Å². The molecule has 2 aliphatic rings. The first-order chi connectivity index (χ1) is 11.7. The molecule has 4 nitrogen and oxygen atoms in total. The Morgan fingerprint density at radius 1 is 1.17 bits per heavy atom. The third kappa shape index (κ3) is 2.84. The summed E-state index contributed by atoms with van der Waals surface area (Å²) in [6, 6.07) is 9.57. The molecule has 1 saturated carbocycles. The van der Waals surface area contributed by atoms with E-state index in [0.717, 1.165) is 50.0 Å². The van der Waals surface area contributed by atoms with Crippen molar-refractivity contribution in [2.45, 2.75) is 32.1 Å². The predicted molar refractivity (Wildman–Crippen MR) is 96.7 cm³/mol. The number of thiophene rings is 1. The number of carbonyl (C=O) groups excluding carboxylic acids is 2. The van der Waals surface area contributed by atoms with Crippen molar-refractivity contribution in [2.75, 3.05) is 16.8 Å². The summed E-state index contributed by atoms with van der Waals surface area (Å²) >= 11 is 1.42. The van der Waals surface area contributed by atoms with Gasteiger partial charge in [0.15, 0.2) is 0 Å². The number of nitrogens with zero attached hydrogens (tertiary/aromatic N) is 1. The van der Waals surface area contributed by atoms with Gasteiger partial charge in [0.2, 0.25) is 5.91 Å². The van der Waals surface area contributed by atoms with Crippen LogP contribution in [0.15, 0.2) is 35.7 Å². The molecule has 2 heterocycles. The fourth-order valence-electron chi connectivity index (χ4n) is 3.68. The molecule has 1 aromatic carbocycles. The van der Waals surface area contributed by atoms with Crippen molar-refractivity contribution in [1.29, 1.82) is 0 Å². The van der Waals surface area contributed by atoms with Crippen LogP contribution in [0.5, 0.6) is 0 Å². The summed E-state index contributed by atoms with van der Waals surface area (Å²) in [4.78, 5) is 27.6. The Morgan fingerprint density at radius 3 is 2.75 bits per heavy atom. The number of amides is 2. The Hall–Kier alpha value is -2.14. The maximum absolute atomic E-state index is 12.8. The van der Waals surface area contributed by atoms with Gasteiger partial charge in [-0.05, 0) is 48.4 Å². The zero-order valence-electron chi connectivity index (χ0n) is 13.5. The van der Waals surface area contributed by atoms with Crippen LogP contribution in [0.25, 0.3) is 0 Å². The van der Waals surface area contributed by atoms with Gasteiger partial charge in [0.1, 0.15) is 0 Å². The first-order valence-corrected chi connectivity index (χ1v) is 9.39. The van der Waals surface area contributed by atoms with Crippen LogP contribution in [0.4, 0.5) is 11.4 Å². The Kier molecular flexibility index (Phi) is 4.10. The maximum Gasteiger partial charge on any atom is 0.265 e. The third-order valence-corrected chi connectivity index (χ3v) is 5.82. The highest BCUT2D eigenvalue weighted by Gasteiger charge is 2.31. The van der Waals surface area contributed by atoms with Crippen LogP contribution < -0.4 is 10.2 Å². The number of anilines is 2. The fourth-order valence-corrected chi connectivity index (χ4v) is 4.30. The van der Waals surface area contributed by atoms with E-state index in [1.54, 1.807) is 0 Å². The molecule has 1 aliphatic carbocycles. The van der Waals surface area contributed by atoms with Gasteiger partial charge in [-0.2, -0.15) is 0 Å². The molecule has 0 bridgehead atoms. The SMILES string of the molecule is O=C(Nc1ccc2c(c1)N(C(=O)C1CCCC1)CC2)c1cccs1. The minimum Gasteiger partial charge on any atom is -0.321 e. The molecular formula is C19H20N2O2S. The van der Waals surface area contributed by atoms with Crippen molar-refractivity contribution in [3.8, 4) is 0 Å². The summed E-state index contributed by atoms with van der Waals surface area (Å²) in [6.45, 7) is 0.757. The highest BCUT2D eigenvalue weighted by atomic mass is 32.1. The van der Waals surface area contributed by atoms with Gasteiger partial charge in [-0.15, -0.1) is 11.3 Å². The van der Waals surface area contributed by atoms with Crippen LogP contribution in [0, 0.1) is 5.92 Å². The molecule has 0 unspecified atom stereocenters. The number of fused-ring (bicyclic) bond motifs is 1. The van der Waals surface area contributed by atoms with Crippen molar-refractivity contribution in [1.82, 2.24) is 0 Å². The second kappa shape index (κ2) is 6.40. The molecule has 0 atom stereocenters. The Balaban J connectivity index is 1.54. The number of nitrogens with one attached hydrogen (secondary N) is 1. The summed E-state index contributed by atoms with van der Waals surface area (Å²) in [5.41, 5.74) is 2.91. The number of hydrogen-bond acceptors (Lipinski definition) is 3. The molecule has 24 heavy (non-hydrogen) atoms. The molecule has 0 saturated heterocycles. The number of carbonyl (C=O) groups is 2. The number of rotatable bonds is 3. The Morgan fingerprint density at radius 2 is 2.00 bits per heavy atom. The van der Waals surface area contributed by atoms with Gasteiger partial charge in [0.25, 0.3) is 5.91 Å². The van der Waals surface area contributed by atoms with E-state index >= 15 is 0 Å². The lowest BCUT2D eigenvalue weighted by atomic mass is 10.1. The van der Waals surface area contributed by atoms with Gasteiger partial charge >= 0.3 is 0 Å². The molecule has 2 amide bonds. The fraction of sp³-hybridized carbons (Fsp3) is 0.368. The molecule has 5 heteroatoms. The largest absolute Gasteiger partial charge is 0.321 e. The van der Waals surface area contributed by atoms with Gasteiger partial charge in [0.05, 0.1) is 4.88 Å². The second-order valence-corrected chi connectivity index (χ2v) is 7.44. The summed E-state index contributed by atoms with van der Waals surface area (Å²) in [5, 5.41) is 4.83. The van der Waals surface area contributed by atoms with Crippen molar-refractivity contribution in [3.05, 3.63) is 46.2 Å². The number of hydrogen-bond donors (Lipinski definition) is 1. The van der Waals surface area contributed by atoms with Gasteiger partial charge in [-0.1, -0.05) is 25.0 Å². The van der Waals surface area contributed by atoms with E-state index in [2.05, 4.69) is 5.32 Å². The first-order valence-electron chi connectivity index (χ1n) is 8.51. The smallest absolute Gasteiger partial charge is 0.265 e. The van der Waals surface area contributed by atoms with E-state index in [4.69, 9.17) is 0 Å². The van der Waals surface area contributed by atoms with Gasteiger partial charge in [0, 0.05) is 23.8 Å². The lowest BCUT2D eigenvalue weighted by molar-refractivity contribution is -0.122. The topological polar surface area (TPSA) is 49.4 Å². The summed E-state index contributed by atoms with van der Waals surface area (Å²) in [7, 11) is 0. The summed E-state index contributed by atoms with van der Waals surface area (Å²) in [5.74, 6) is 0.338. The van der Waals surface area contributed by atoms with Crippen LogP contribution in [0.3, 0.4) is 0 Å². The van der Waals surface area contributed by atoms with Crippen LogP contribution in [-0.4, -0.2) is 18.4 Å². The van der Waals surface area contributed by atoms with Gasteiger partial charge in [-0.25, -0.2) is 0 Å². The van der Waals surface area contributed by atoms with E-state index in [-0.39, 0.29) is 17.7 Å². The molecular weight excluding hydrogens is 320 g/mol. The molecule has 2 aromatic rings. The van der Waals surface area contributed by atoms with Crippen LogP contribution in [0.1, 0.15) is 40.9 Å². The normalized spacial score (nSPS) is 17.1. The molecule has 0 radical (unpaired) electrons. The molecule has 1 aliphatic heterocycles. The van der Waals surface area contributed by atoms with E-state index < -0.39 is 0 Å². The molecule has 1 aromatic heterocycles. The van der Waals surface area contributed by atoms with E-state index in [0.29, 0.717) is 4.88 Å². The maximum atomic E-state index is 12.8. The molecule has 124 valence electrons. The van der Waals surface area contributed by atoms with Crippen LogP contribution in [-0.2, 0) is 11.2 Å². The average molecular weight is 340 g/mol. The minimum atomic E-state index is -0.100. The highest BCUT2D eigenvalue weighted by molar-refractivity contribution is 7.12. The molecule has 4 rings (SSSR count). The van der Waals surface area contributed by atoms with Crippen molar-refractivity contribution in [2.24, 2.45) is 5.92 Å². The quantitative estimate of drug-likeness (QED) is 0.915. The van der Waals surface area contributed by atoms with E-state index in [9.17, 15) is 9.59 Å². The molecule has 1 fully saturated rings. The van der Waals surface area contributed by atoms with Gasteiger partial charge in [-0.3, -0.25) is 9.59 Å². The zero-order chi connectivity index (χ0) is 16.5. The van der Waals surface area contributed by atoms with Crippen molar-refractivity contribution < 1.29 is 9.59 Å². The lowest BCUT2D eigenvalue weighted by Crippen LogP contribution is -2.33. The van der Waals surface area contributed by atoms with E-state index in [1.165, 1.54) is 16.9 Å². The average Bonchev–Trinajstić information content (AvgIpc) is 3.33. The zero-order valence-corrected chi connectivity index (χ0v) is 14.3. The summed E-state index contributed by atoms with van der Waals surface area (Å²) in [6.07, 6.45) is 5.24. The molecule has 1 N–H and O–H groups in total. The minimum absolute atomic E-state index is 0.100. The first kappa shape index (κ1) is 15.4. The van der Waals surface area contributed by atoms with Crippen LogP contribution >= 0.6 is 11.3 Å². The van der Waals surface area contributed by atoms with Crippen LogP contribution in [0.2, 0.25) is 0 Å². The summed E-state index contributed by atoms with van der Waals surface area (Å²) < 4.78 is 0. The molecule has 0 spiro atoms. The third-order valence-electron chi connectivity index (χ3n) is 4.95.